The van der Waals surface area contributed by atoms with Gasteiger partial charge in [0, 0.05) is 10.7 Å². The summed E-state index contributed by atoms with van der Waals surface area (Å²) in [5.74, 6) is 0. The summed E-state index contributed by atoms with van der Waals surface area (Å²) in [6.45, 7) is 4.34. The summed E-state index contributed by atoms with van der Waals surface area (Å²) in [5, 5.41) is 0. The van der Waals surface area contributed by atoms with Gasteiger partial charge in [-0.3, -0.25) is 0 Å². The molecule has 0 aliphatic heterocycles. The molecule has 3 heteroatoms. The van der Waals surface area contributed by atoms with Crippen molar-refractivity contribution in [1.29, 1.82) is 0 Å². The Hall–Kier alpha value is 1.41. The molecule has 1 aromatic carbocycles. The maximum absolute atomic E-state index is 2.40. The van der Waals surface area contributed by atoms with Crippen LogP contribution in [-0.4, -0.2) is 0 Å². The second-order valence-corrected chi connectivity index (χ2v) is 5.75. The van der Waals surface area contributed by atoms with Gasteiger partial charge in [0.05, 0.1) is 0 Å². The van der Waals surface area contributed by atoms with Crippen LogP contribution < -0.4 is 0 Å². The largest absolute Gasteiger partial charge is 0.0438 e. The van der Waals surface area contributed by atoms with Crippen LogP contribution in [0.5, 0.6) is 0 Å². The summed E-state index contributed by atoms with van der Waals surface area (Å²) in [6.07, 6.45) is 0. The second-order valence-electron chi connectivity index (χ2n) is 2.43. The number of aryl methyl sites for hydroxylation is 1. The summed E-state index contributed by atoms with van der Waals surface area (Å²) in [6, 6.07) is 2.23. The fourth-order valence-electron chi connectivity index (χ4n) is 0.888. The van der Waals surface area contributed by atoms with Gasteiger partial charge in [-0.25, -0.2) is 0 Å². The standard InChI is InChI=1S/C8H7I3/c1-4-3-6(9)8(11)5(2)7(4)10/h3H,1-2H3. The molecule has 0 unspecified atom stereocenters. The summed E-state index contributed by atoms with van der Waals surface area (Å²) in [7, 11) is 0. The molecule has 60 valence electrons. The molecule has 0 heterocycles. The van der Waals surface area contributed by atoms with E-state index in [9.17, 15) is 0 Å². The first-order valence-corrected chi connectivity index (χ1v) is 6.38. The molecule has 11 heavy (non-hydrogen) atoms. The highest BCUT2D eigenvalue weighted by Gasteiger charge is 2.06. The Morgan fingerprint density at radius 1 is 1.00 bits per heavy atom. The van der Waals surface area contributed by atoms with Crippen molar-refractivity contribution >= 4 is 67.8 Å². The molecule has 0 radical (unpaired) electrons. The van der Waals surface area contributed by atoms with Crippen LogP contribution in [0.2, 0.25) is 0 Å². The number of rotatable bonds is 0. The van der Waals surface area contributed by atoms with Gasteiger partial charge in [-0.05, 0) is 98.8 Å². The predicted octanol–water partition coefficient (Wildman–Crippen LogP) is 4.12. The monoisotopic (exact) mass is 484 g/mol. The van der Waals surface area contributed by atoms with Crippen molar-refractivity contribution in [3.8, 4) is 0 Å². The van der Waals surface area contributed by atoms with Gasteiger partial charge in [0.2, 0.25) is 0 Å². The molecule has 0 fully saturated rings. The summed E-state index contributed by atoms with van der Waals surface area (Å²) in [4.78, 5) is 0. The van der Waals surface area contributed by atoms with Crippen LogP contribution in [0.4, 0.5) is 0 Å². The van der Waals surface area contributed by atoms with Crippen LogP contribution in [0.25, 0.3) is 0 Å². The Morgan fingerprint density at radius 3 is 2.09 bits per heavy atom. The van der Waals surface area contributed by atoms with Gasteiger partial charge in [0.1, 0.15) is 0 Å². The van der Waals surface area contributed by atoms with Crippen molar-refractivity contribution in [2.75, 3.05) is 0 Å². The Labute approximate surface area is 108 Å². The van der Waals surface area contributed by atoms with Crippen molar-refractivity contribution in [3.63, 3.8) is 0 Å². The highest BCUT2D eigenvalue weighted by Crippen LogP contribution is 2.26. The number of hydrogen-bond donors (Lipinski definition) is 0. The molecule has 0 aromatic heterocycles. The van der Waals surface area contributed by atoms with Crippen LogP contribution in [0.1, 0.15) is 11.1 Å². The topological polar surface area (TPSA) is 0 Å². The first-order valence-electron chi connectivity index (χ1n) is 3.14. The van der Waals surface area contributed by atoms with Gasteiger partial charge in [0.15, 0.2) is 0 Å². The number of halogens is 3. The lowest BCUT2D eigenvalue weighted by molar-refractivity contribution is 1.29. The molecular formula is C8H7I3. The minimum Gasteiger partial charge on any atom is -0.0438 e. The molecule has 0 saturated carbocycles. The van der Waals surface area contributed by atoms with E-state index in [4.69, 9.17) is 0 Å². The van der Waals surface area contributed by atoms with E-state index in [0.717, 1.165) is 0 Å². The molecule has 0 N–H and O–H groups in total. The van der Waals surface area contributed by atoms with Gasteiger partial charge in [0.25, 0.3) is 0 Å². The zero-order chi connectivity index (χ0) is 8.59. The Kier molecular flexibility index (Phi) is 3.89. The van der Waals surface area contributed by atoms with Crippen LogP contribution >= 0.6 is 67.8 Å². The van der Waals surface area contributed by atoms with Crippen molar-refractivity contribution < 1.29 is 0 Å². The minimum absolute atomic E-state index is 1.36. The fraction of sp³-hybridized carbons (Fsp3) is 0.250. The first kappa shape index (κ1) is 10.5. The van der Waals surface area contributed by atoms with Gasteiger partial charge in [-0.2, -0.15) is 0 Å². The molecular weight excluding hydrogens is 477 g/mol. The van der Waals surface area contributed by atoms with E-state index >= 15 is 0 Å². The van der Waals surface area contributed by atoms with Gasteiger partial charge in [-0.1, -0.05) is 0 Å². The number of hydrogen-bond acceptors (Lipinski definition) is 0. The van der Waals surface area contributed by atoms with Gasteiger partial charge < -0.3 is 0 Å². The number of benzene rings is 1. The summed E-state index contributed by atoms with van der Waals surface area (Å²) >= 11 is 7.18. The molecule has 0 atom stereocenters. The van der Waals surface area contributed by atoms with E-state index in [-0.39, 0.29) is 0 Å². The smallest absolute Gasteiger partial charge is 0.0303 e. The normalized spacial score (nSPS) is 10.3. The molecule has 0 spiro atoms. The predicted molar refractivity (Wildman–Crippen MR) is 74.1 cm³/mol. The van der Waals surface area contributed by atoms with Gasteiger partial charge >= 0.3 is 0 Å². The Morgan fingerprint density at radius 2 is 1.55 bits per heavy atom. The zero-order valence-electron chi connectivity index (χ0n) is 6.21. The third-order valence-corrected chi connectivity index (χ3v) is 6.49. The molecule has 0 nitrogen and oxygen atoms in total. The van der Waals surface area contributed by atoms with Crippen LogP contribution in [0.3, 0.4) is 0 Å². The lowest BCUT2D eigenvalue weighted by Crippen LogP contribution is -1.92. The quantitative estimate of drug-likeness (QED) is 0.385. The molecule has 1 aromatic rings. The molecule has 0 saturated heterocycles. The van der Waals surface area contributed by atoms with E-state index in [1.165, 1.54) is 21.8 Å². The Bertz CT molecular complexity index is 266. The maximum Gasteiger partial charge on any atom is 0.0303 e. The minimum atomic E-state index is 1.36. The van der Waals surface area contributed by atoms with E-state index in [1.54, 1.807) is 0 Å². The average molecular weight is 484 g/mol. The second kappa shape index (κ2) is 4.08. The molecule has 0 bridgehead atoms. The fourth-order valence-corrected chi connectivity index (χ4v) is 3.13. The van der Waals surface area contributed by atoms with Crippen molar-refractivity contribution in [2.45, 2.75) is 13.8 Å². The molecule has 0 aliphatic carbocycles. The highest BCUT2D eigenvalue weighted by molar-refractivity contribution is 14.1. The maximum atomic E-state index is 2.40. The molecule has 1 rings (SSSR count). The van der Waals surface area contributed by atoms with E-state index in [0.29, 0.717) is 0 Å². The van der Waals surface area contributed by atoms with Crippen LogP contribution in [0, 0.1) is 24.6 Å². The zero-order valence-corrected chi connectivity index (χ0v) is 12.7. The van der Waals surface area contributed by atoms with Crippen molar-refractivity contribution in [1.82, 2.24) is 0 Å². The molecule has 0 amide bonds. The lowest BCUT2D eigenvalue weighted by atomic mass is 10.2. The van der Waals surface area contributed by atoms with Crippen LogP contribution in [-0.2, 0) is 0 Å². The van der Waals surface area contributed by atoms with E-state index < -0.39 is 0 Å². The third-order valence-electron chi connectivity index (χ3n) is 1.56. The van der Waals surface area contributed by atoms with Gasteiger partial charge in [-0.15, -0.1) is 0 Å². The first-order chi connectivity index (χ1) is 5.04. The van der Waals surface area contributed by atoms with E-state index in [1.807, 2.05) is 0 Å². The summed E-state index contributed by atoms with van der Waals surface area (Å²) in [5.41, 5.74) is 2.79. The highest BCUT2D eigenvalue weighted by atomic mass is 127. The molecule has 0 aliphatic rings. The SMILES string of the molecule is Cc1cc(I)c(I)c(C)c1I. The lowest BCUT2D eigenvalue weighted by Gasteiger charge is -2.06. The summed E-state index contributed by atoms with van der Waals surface area (Å²) < 4.78 is 4.14. The van der Waals surface area contributed by atoms with E-state index in [2.05, 4.69) is 87.7 Å². The van der Waals surface area contributed by atoms with Crippen LogP contribution in [0.15, 0.2) is 6.07 Å². The Balaban J connectivity index is 3.46. The average Bonchev–Trinajstić information content (AvgIpc) is 1.97. The van der Waals surface area contributed by atoms with Crippen molar-refractivity contribution in [2.24, 2.45) is 0 Å². The third kappa shape index (κ3) is 2.20. The van der Waals surface area contributed by atoms with Crippen molar-refractivity contribution in [3.05, 3.63) is 27.9 Å².